The number of nitrogens with two attached hydrogens (primary N) is 6. The van der Waals surface area contributed by atoms with E-state index >= 15 is 0 Å². The minimum atomic E-state index is -3.11. The summed E-state index contributed by atoms with van der Waals surface area (Å²) in [6.07, 6.45) is 0.877. The molecule has 5 aliphatic rings. The first-order valence-electron chi connectivity index (χ1n) is 23.8. The summed E-state index contributed by atoms with van der Waals surface area (Å²) >= 11 is -3.11. The first-order chi connectivity index (χ1) is 32.7. The molecular formula is C48H72CoN11O11S. The van der Waals surface area contributed by atoms with E-state index in [1.54, 1.807) is 0 Å². The van der Waals surface area contributed by atoms with E-state index in [0.717, 1.165) is 0 Å². The SMILES string of the molecule is C/C1=C2N=C(/C=C3\N/C(=C(/C)C4=N[C@@](C)(C5N=C1[C@](C)(CCC(=O)NC[C@@H](C)[O-])[C@H]5CC(N)=O)[C@@](C)(CC(N)=O)[C@@H]4CCC(N)=O)[C@@](C)(CC(N)=O)C3CCC(N)=O)C(C)(C)[C@@H]/2CCC(N)=O.O=S([O-])[O-].[Co+3]. The van der Waals surface area contributed by atoms with Crippen molar-refractivity contribution in [1.29, 1.82) is 0 Å². The third-order valence-electron chi connectivity index (χ3n) is 16.1. The van der Waals surface area contributed by atoms with E-state index < -0.39 is 110 Å². The molecule has 8 bridgehead atoms. The molecule has 0 radical (unpaired) electrons. The molecule has 0 saturated carbocycles. The van der Waals surface area contributed by atoms with Gasteiger partial charge in [-0.1, -0.05) is 41.5 Å². The van der Waals surface area contributed by atoms with Crippen molar-refractivity contribution in [3.05, 3.63) is 34.3 Å². The van der Waals surface area contributed by atoms with Crippen LogP contribution in [0.2, 0.25) is 0 Å². The van der Waals surface area contributed by atoms with Crippen LogP contribution in [0, 0.1) is 45.3 Å². The zero-order chi connectivity index (χ0) is 53.9. The van der Waals surface area contributed by atoms with Gasteiger partial charge < -0.3 is 59.2 Å². The van der Waals surface area contributed by atoms with Gasteiger partial charge in [-0.25, -0.2) is 0 Å². The van der Waals surface area contributed by atoms with Crippen LogP contribution in [0.1, 0.15) is 133 Å². The van der Waals surface area contributed by atoms with Gasteiger partial charge in [0.05, 0.1) is 11.6 Å². The molecule has 1 saturated heterocycles. The van der Waals surface area contributed by atoms with E-state index in [-0.39, 0.29) is 93.4 Å². The monoisotopic (exact) mass is 1070 g/mol. The Morgan fingerprint density at radius 1 is 0.750 bits per heavy atom. The Kier molecular flexibility index (Phi) is 19.9. The quantitative estimate of drug-likeness (QED) is 0.0753. The van der Waals surface area contributed by atoms with Gasteiger partial charge in [0.2, 0.25) is 41.4 Å². The maximum Gasteiger partial charge on any atom is 3.00 e. The van der Waals surface area contributed by atoms with Crippen molar-refractivity contribution in [2.24, 2.45) is 94.7 Å². The molecule has 0 spiro atoms. The average molecular weight is 1070 g/mol. The Labute approximate surface area is 433 Å². The van der Waals surface area contributed by atoms with Crippen molar-refractivity contribution >= 4 is 69.8 Å². The Hall–Kier alpha value is -5.14. The fraction of sp³-hybridized carbons (Fsp3) is 0.667. The summed E-state index contributed by atoms with van der Waals surface area (Å²) in [5.41, 5.74) is 34.8. The molecule has 400 valence electrons. The summed E-state index contributed by atoms with van der Waals surface area (Å²) in [7, 11) is 0. The molecule has 0 aromatic rings. The summed E-state index contributed by atoms with van der Waals surface area (Å²) in [4.78, 5) is 108. The molecule has 1 fully saturated rings. The summed E-state index contributed by atoms with van der Waals surface area (Å²) in [6, 6.07) is -0.923. The fourth-order valence-corrected chi connectivity index (χ4v) is 12.3. The van der Waals surface area contributed by atoms with Crippen molar-refractivity contribution in [2.45, 2.75) is 151 Å². The second-order valence-electron chi connectivity index (χ2n) is 21.3. The van der Waals surface area contributed by atoms with Gasteiger partial charge in [0.1, 0.15) is 0 Å². The van der Waals surface area contributed by atoms with Crippen LogP contribution >= 0.6 is 0 Å². The molecule has 2 unspecified atom stereocenters. The molecule has 5 rings (SSSR count). The minimum absolute atomic E-state index is 0. The third-order valence-corrected chi connectivity index (χ3v) is 16.1. The van der Waals surface area contributed by atoms with Crippen LogP contribution in [0.5, 0.6) is 0 Å². The molecule has 72 heavy (non-hydrogen) atoms. The molecular weight excluding hydrogens is 998 g/mol. The molecule has 0 aromatic carbocycles. The first kappa shape index (κ1) is 61.2. The molecule has 14 N–H and O–H groups in total. The van der Waals surface area contributed by atoms with E-state index in [2.05, 4.69) is 10.6 Å². The number of carbonyl (C=O) groups excluding carboxylic acids is 7. The zero-order valence-corrected chi connectivity index (χ0v) is 44.4. The maximum absolute atomic E-state index is 13.5. The predicted molar refractivity (Wildman–Crippen MR) is 261 cm³/mol. The van der Waals surface area contributed by atoms with E-state index in [9.17, 15) is 38.7 Å². The molecule has 5 heterocycles. The predicted octanol–water partition coefficient (Wildman–Crippen LogP) is 0.0974. The number of hydrogen-bond acceptors (Lipinski definition) is 15. The Morgan fingerprint density at radius 2 is 1.26 bits per heavy atom. The summed E-state index contributed by atoms with van der Waals surface area (Å²) in [5.74, 6) is -6.35. The Bertz CT molecular complexity index is 2430. The van der Waals surface area contributed by atoms with Crippen LogP contribution in [0.25, 0.3) is 0 Å². The number of allylic oxidation sites excluding steroid dienone is 6. The second kappa shape index (κ2) is 23.4. The average Bonchev–Trinajstić information content (AvgIpc) is 3.83. The molecule has 22 nitrogen and oxygen atoms in total. The van der Waals surface area contributed by atoms with Crippen molar-refractivity contribution in [3.63, 3.8) is 0 Å². The van der Waals surface area contributed by atoms with Gasteiger partial charge in [-0.15, -0.1) is 17.5 Å². The van der Waals surface area contributed by atoms with Crippen LogP contribution < -0.4 is 50.1 Å². The Balaban J connectivity index is 0.00000264. The molecule has 10 atom stereocenters. The van der Waals surface area contributed by atoms with Crippen LogP contribution in [0.15, 0.2) is 49.3 Å². The number of aliphatic imine (C=N–C) groups is 3. The van der Waals surface area contributed by atoms with Gasteiger partial charge >= 0.3 is 16.8 Å². The van der Waals surface area contributed by atoms with Crippen LogP contribution in [-0.4, -0.2) is 96.0 Å². The van der Waals surface area contributed by atoms with Crippen molar-refractivity contribution < 1.29 is 68.8 Å². The van der Waals surface area contributed by atoms with Crippen molar-refractivity contribution in [1.82, 2.24) is 10.6 Å². The third kappa shape index (κ3) is 12.6. The number of carbonyl (C=O) groups is 7. The van der Waals surface area contributed by atoms with Crippen LogP contribution in [0.3, 0.4) is 0 Å². The summed E-state index contributed by atoms with van der Waals surface area (Å²) in [5, 5.41) is 18.3. The fourth-order valence-electron chi connectivity index (χ4n) is 12.3. The zero-order valence-electron chi connectivity index (χ0n) is 42.6. The van der Waals surface area contributed by atoms with Gasteiger partial charge in [-0.2, -0.15) is 0 Å². The summed E-state index contributed by atoms with van der Waals surface area (Å²) < 4.78 is 25.3. The van der Waals surface area contributed by atoms with E-state index in [1.165, 1.54) is 6.92 Å². The van der Waals surface area contributed by atoms with Gasteiger partial charge in [-0.3, -0.25) is 52.7 Å². The number of nitrogens with zero attached hydrogens (tertiary/aromatic N) is 3. The first-order valence-corrected chi connectivity index (χ1v) is 24.8. The largest absolute Gasteiger partial charge is 3.00 e. The maximum atomic E-state index is 13.5. The van der Waals surface area contributed by atoms with Gasteiger partial charge in [0.15, 0.2) is 0 Å². The Morgan fingerprint density at radius 3 is 1.75 bits per heavy atom. The number of fused-ring (bicyclic) bond motifs is 6. The van der Waals surface area contributed by atoms with Crippen molar-refractivity contribution in [2.75, 3.05) is 6.54 Å². The normalized spacial score (nSPS) is 33.2. The van der Waals surface area contributed by atoms with Crippen molar-refractivity contribution in [3.8, 4) is 0 Å². The van der Waals surface area contributed by atoms with Crippen LogP contribution in [-0.2, 0) is 61.7 Å². The topological polar surface area (TPSA) is 423 Å². The number of rotatable bonds is 20. The smallest absolute Gasteiger partial charge is 0.851 e. The van der Waals surface area contributed by atoms with Crippen LogP contribution in [0.4, 0.5) is 0 Å². The number of amides is 7. The number of primary amides is 6. The number of nitrogens with one attached hydrogen (secondary N) is 2. The van der Waals surface area contributed by atoms with E-state index in [1.807, 2.05) is 61.5 Å². The second-order valence-corrected chi connectivity index (χ2v) is 21.7. The van der Waals surface area contributed by atoms with Gasteiger partial charge in [-0.05, 0) is 63.7 Å². The van der Waals surface area contributed by atoms with E-state index in [4.69, 9.17) is 62.7 Å². The molecule has 7 amide bonds. The summed E-state index contributed by atoms with van der Waals surface area (Å²) in [6.45, 7) is 16.7. The molecule has 0 aliphatic carbocycles. The van der Waals surface area contributed by atoms with Gasteiger partial charge in [0.25, 0.3) is 0 Å². The molecule has 0 aromatic heterocycles. The number of hydrogen-bond donors (Lipinski definition) is 8. The standard InChI is InChI=1S/C48H72N11O8.Co.H2O3S/c1-23(60)22-55-38(67)16-17-45(6)29(18-35(52)64)43-48(9)47(8,21-37(54)66)28(12-15-34(51)63)40(59-48)25(3)42-46(7,20-36(53)65)26(10-13-32(49)61)30(56-42)19-31-44(4,5)27(11-14-33(50)62)39(57-31)24(2)41(45)58-43;;1-4(2)3/h19,23,26-29,43,56H,10-18,20-22H2,1-9H3,(H2,49,61)(H2,50,62)(H2,51,63)(H2,52,64)(H2,53,65)(H2,54,66)(H,55,67);;(H2,1,2,3)/q-1;+3;/p-2/b30-19-,39-24-,42-25-;;/t23-,26?,27-,28-,29+,43?,45-,46+,47+,48+;;/m1../s1. The van der Waals surface area contributed by atoms with Gasteiger partial charge in [0, 0.05) is 131 Å². The molecule has 5 aliphatic heterocycles. The molecule has 24 heteroatoms. The van der Waals surface area contributed by atoms with E-state index in [0.29, 0.717) is 51.8 Å². The minimum Gasteiger partial charge on any atom is -0.851 e.